The lowest BCUT2D eigenvalue weighted by atomic mass is 9.91. The Hall–Kier alpha value is -0.860. The van der Waals surface area contributed by atoms with E-state index < -0.39 is 0 Å². The van der Waals surface area contributed by atoms with Gasteiger partial charge in [-0.1, -0.05) is 72.8 Å². The summed E-state index contributed by atoms with van der Waals surface area (Å²) in [6.07, 6.45) is 10.6. The van der Waals surface area contributed by atoms with Crippen molar-refractivity contribution in [3.05, 3.63) is 38.6 Å². The molecule has 0 amide bonds. The molecule has 1 aliphatic rings. The van der Waals surface area contributed by atoms with Crippen LogP contribution in [0.4, 0.5) is 0 Å². The fourth-order valence-electron chi connectivity index (χ4n) is 4.18. The second-order valence-corrected chi connectivity index (χ2v) is 11.2. The zero-order valence-electron chi connectivity index (χ0n) is 18.8. The van der Waals surface area contributed by atoms with Crippen LogP contribution in [0.15, 0.2) is 17.7 Å². The van der Waals surface area contributed by atoms with Crippen molar-refractivity contribution in [3.8, 4) is 9.75 Å². The molecule has 0 saturated heterocycles. The number of fused-ring (bicyclic) bond motifs is 3. The predicted octanol–water partition coefficient (Wildman–Crippen LogP) is 10.00. The van der Waals surface area contributed by atoms with Crippen molar-refractivity contribution in [3.63, 3.8) is 0 Å². The number of rotatable bonds is 10. The average Bonchev–Trinajstić information content (AvgIpc) is 3.31. The largest absolute Gasteiger partial charge is 0.138 e. The molecule has 2 aromatic rings. The predicted molar refractivity (Wildman–Crippen MR) is 130 cm³/mol. The van der Waals surface area contributed by atoms with Crippen LogP contribution in [0.25, 0.3) is 15.3 Å². The Morgan fingerprint density at radius 1 is 0.714 bits per heavy atom. The monoisotopic (exact) mass is 414 g/mol. The Bertz CT molecular complexity index is 747. The number of unbranched alkanes of at least 4 members (excludes halogenated alkanes) is 4. The topological polar surface area (TPSA) is 0 Å². The molecule has 2 heteroatoms. The summed E-state index contributed by atoms with van der Waals surface area (Å²) in [7, 11) is 0. The maximum atomic E-state index is 2.53. The van der Waals surface area contributed by atoms with E-state index in [4.69, 9.17) is 0 Å². The average molecular weight is 415 g/mol. The lowest BCUT2D eigenvalue weighted by Gasteiger charge is -2.13. The van der Waals surface area contributed by atoms with Gasteiger partial charge in [-0.3, -0.25) is 0 Å². The van der Waals surface area contributed by atoms with Crippen molar-refractivity contribution >= 4 is 28.2 Å². The molecule has 2 heterocycles. The summed E-state index contributed by atoms with van der Waals surface area (Å²) >= 11 is 4.10. The summed E-state index contributed by atoms with van der Waals surface area (Å²) in [5.41, 5.74) is 6.49. The van der Waals surface area contributed by atoms with Gasteiger partial charge in [-0.2, -0.15) is 0 Å². The smallest absolute Gasteiger partial charge is 0.0530 e. The van der Waals surface area contributed by atoms with Crippen molar-refractivity contribution in [1.82, 2.24) is 0 Å². The maximum Gasteiger partial charge on any atom is 0.0530 e. The standard InChI is InChI=1S/C26H38S2/c1-7-9-11-13-19(14-12-10-8-2)24-20-15-22(17(3)4)27-25(20)26-21(24)16-23(28-26)18(5)6/h15-18H,7-14H2,1-6H3. The molecule has 154 valence electrons. The van der Waals surface area contributed by atoms with Crippen LogP contribution in [-0.4, -0.2) is 0 Å². The van der Waals surface area contributed by atoms with E-state index in [0.29, 0.717) is 11.8 Å². The molecular weight excluding hydrogens is 376 g/mol. The third-order valence-electron chi connectivity index (χ3n) is 5.90. The molecule has 28 heavy (non-hydrogen) atoms. The number of thiophene rings is 2. The summed E-state index contributed by atoms with van der Waals surface area (Å²) in [6, 6.07) is 5.06. The van der Waals surface area contributed by atoms with Crippen LogP contribution >= 0.6 is 22.7 Å². The normalized spacial score (nSPS) is 12.9. The molecule has 0 radical (unpaired) electrons. The van der Waals surface area contributed by atoms with E-state index in [2.05, 4.69) is 76.3 Å². The van der Waals surface area contributed by atoms with Gasteiger partial charge in [-0.05, 0) is 55.2 Å². The van der Waals surface area contributed by atoms with E-state index in [1.165, 1.54) is 51.4 Å². The minimum atomic E-state index is 0.619. The molecule has 0 aromatic carbocycles. The summed E-state index contributed by atoms with van der Waals surface area (Å²) in [4.78, 5) is 6.23. The Kier molecular flexibility index (Phi) is 7.61. The highest BCUT2D eigenvalue weighted by Crippen LogP contribution is 2.55. The SMILES string of the molecule is CCCCCC(CCCCC)=C1c2cc(C(C)C)sc2-c2sc(C(C)C)cc21. The Morgan fingerprint density at radius 2 is 1.14 bits per heavy atom. The number of hydrogen-bond donors (Lipinski definition) is 0. The Morgan fingerprint density at radius 3 is 1.50 bits per heavy atom. The minimum absolute atomic E-state index is 0.619. The van der Waals surface area contributed by atoms with Gasteiger partial charge in [0.1, 0.15) is 0 Å². The third kappa shape index (κ3) is 4.49. The van der Waals surface area contributed by atoms with Crippen molar-refractivity contribution in [2.24, 2.45) is 0 Å². The third-order valence-corrected chi connectivity index (χ3v) is 8.94. The van der Waals surface area contributed by atoms with Gasteiger partial charge < -0.3 is 0 Å². The van der Waals surface area contributed by atoms with Gasteiger partial charge in [0.05, 0.1) is 9.75 Å². The quantitative estimate of drug-likeness (QED) is 0.289. The zero-order valence-corrected chi connectivity index (χ0v) is 20.4. The van der Waals surface area contributed by atoms with Gasteiger partial charge in [0.25, 0.3) is 0 Å². The van der Waals surface area contributed by atoms with Crippen LogP contribution in [0.2, 0.25) is 0 Å². The molecule has 0 fully saturated rings. The van der Waals surface area contributed by atoms with Crippen molar-refractivity contribution in [2.45, 2.75) is 105 Å². The first-order chi connectivity index (χ1) is 13.5. The number of hydrogen-bond acceptors (Lipinski definition) is 2. The summed E-state index contributed by atoms with van der Waals surface area (Å²) in [5.74, 6) is 1.24. The first-order valence-corrected chi connectivity index (χ1v) is 13.1. The molecular formula is C26H38S2. The van der Waals surface area contributed by atoms with Crippen LogP contribution in [-0.2, 0) is 0 Å². The van der Waals surface area contributed by atoms with E-state index in [-0.39, 0.29) is 0 Å². The lowest BCUT2D eigenvalue weighted by Crippen LogP contribution is -1.94. The van der Waals surface area contributed by atoms with E-state index in [9.17, 15) is 0 Å². The first kappa shape index (κ1) is 21.8. The molecule has 0 spiro atoms. The van der Waals surface area contributed by atoms with Gasteiger partial charge in [0.15, 0.2) is 0 Å². The van der Waals surface area contributed by atoms with Crippen LogP contribution < -0.4 is 0 Å². The van der Waals surface area contributed by atoms with Crippen LogP contribution in [0.1, 0.15) is 126 Å². The molecule has 0 N–H and O–H groups in total. The van der Waals surface area contributed by atoms with Crippen LogP contribution in [0.5, 0.6) is 0 Å². The van der Waals surface area contributed by atoms with E-state index in [0.717, 1.165) is 0 Å². The van der Waals surface area contributed by atoms with E-state index in [1.54, 1.807) is 41.8 Å². The molecule has 0 nitrogen and oxygen atoms in total. The molecule has 0 aliphatic heterocycles. The van der Waals surface area contributed by atoms with E-state index >= 15 is 0 Å². The van der Waals surface area contributed by atoms with Crippen LogP contribution in [0, 0.1) is 0 Å². The second kappa shape index (κ2) is 9.76. The fraction of sp³-hybridized carbons (Fsp3) is 0.615. The van der Waals surface area contributed by atoms with Crippen molar-refractivity contribution in [2.75, 3.05) is 0 Å². The molecule has 1 aliphatic carbocycles. The summed E-state index contributed by atoms with van der Waals surface area (Å²) in [5, 5.41) is 0. The summed E-state index contributed by atoms with van der Waals surface area (Å²) < 4.78 is 0. The van der Waals surface area contributed by atoms with Crippen molar-refractivity contribution in [1.29, 1.82) is 0 Å². The van der Waals surface area contributed by atoms with Gasteiger partial charge in [-0.25, -0.2) is 0 Å². The molecule has 3 rings (SSSR count). The Labute approximate surface area is 181 Å². The lowest BCUT2D eigenvalue weighted by molar-refractivity contribution is 0.661. The van der Waals surface area contributed by atoms with Crippen LogP contribution in [0.3, 0.4) is 0 Å². The molecule has 0 bridgehead atoms. The van der Waals surface area contributed by atoms with Gasteiger partial charge in [-0.15, -0.1) is 22.7 Å². The maximum absolute atomic E-state index is 2.53. The summed E-state index contributed by atoms with van der Waals surface area (Å²) in [6.45, 7) is 14.0. The van der Waals surface area contributed by atoms with Gasteiger partial charge in [0.2, 0.25) is 0 Å². The fourth-order valence-corrected chi connectivity index (χ4v) is 6.67. The first-order valence-electron chi connectivity index (χ1n) is 11.5. The molecule has 2 aromatic heterocycles. The highest BCUT2D eigenvalue weighted by Gasteiger charge is 2.31. The minimum Gasteiger partial charge on any atom is -0.138 e. The number of allylic oxidation sites excluding steroid dienone is 1. The molecule has 0 unspecified atom stereocenters. The zero-order chi connectivity index (χ0) is 20.3. The van der Waals surface area contributed by atoms with Gasteiger partial charge in [0, 0.05) is 20.9 Å². The Balaban J connectivity index is 2.10. The van der Waals surface area contributed by atoms with E-state index in [1.807, 2.05) is 0 Å². The molecule has 0 saturated carbocycles. The molecule has 0 atom stereocenters. The second-order valence-electron chi connectivity index (χ2n) is 8.99. The van der Waals surface area contributed by atoms with Gasteiger partial charge >= 0.3 is 0 Å². The highest BCUT2D eigenvalue weighted by molar-refractivity contribution is 7.23. The highest BCUT2D eigenvalue weighted by atomic mass is 32.1. The van der Waals surface area contributed by atoms with Crippen molar-refractivity contribution < 1.29 is 0 Å².